The highest BCUT2D eigenvalue weighted by Crippen LogP contribution is 2.36. The highest BCUT2D eigenvalue weighted by atomic mass is 16.3. The van der Waals surface area contributed by atoms with E-state index in [0.717, 1.165) is 6.42 Å². The minimum Gasteiger partial charge on any atom is -0.393 e. The summed E-state index contributed by atoms with van der Waals surface area (Å²) in [5, 5.41) is 39.8. The summed E-state index contributed by atoms with van der Waals surface area (Å²) in [6.45, 7) is 1.69. The van der Waals surface area contributed by atoms with Gasteiger partial charge in [0.15, 0.2) is 0 Å². The fourth-order valence-corrected chi connectivity index (χ4v) is 3.41. The Morgan fingerprint density at radius 3 is 2.48 bits per heavy atom. The fraction of sp³-hybridized carbons (Fsp3) is 0.579. The minimum atomic E-state index is -0.619. The molecule has 0 aromatic heterocycles. The summed E-state index contributed by atoms with van der Waals surface area (Å²) in [4.78, 5) is 0. The molecule has 0 amide bonds. The number of aliphatic hydroxyl groups excluding tert-OH is 4. The maximum absolute atomic E-state index is 10.1. The lowest BCUT2D eigenvalue weighted by Gasteiger charge is -2.22. The van der Waals surface area contributed by atoms with Gasteiger partial charge in [-0.15, -0.1) is 0 Å². The Bertz CT molecular complexity index is 485. The summed E-state index contributed by atoms with van der Waals surface area (Å²) in [5.74, 6) is -0.381. The molecule has 2 unspecified atom stereocenters. The van der Waals surface area contributed by atoms with Gasteiger partial charge in [0.05, 0.1) is 24.4 Å². The molecule has 0 heterocycles. The monoisotopic (exact) mass is 320 g/mol. The number of aryl methyl sites for hydroxylation is 1. The molecule has 6 atom stereocenters. The summed E-state index contributed by atoms with van der Waals surface area (Å²) in [7, 11) is 0. The second-order valence-corrected chi connectivity index (χ2v) is 6.67. The molecular formula is C19H28O4. The maximum atomic E-state index is 10.1. The first-order valence-corrected chi connectivity index (χ1v) is 8.42. The molecule has 4 nitrogen and oxygen atoms in total. The molecule has 0 spiro atoms. The standard InChI is InChI=1S/C19H28O4/c1-13(20)11-17-16(18(22)12-19(17)23)10-9-15(21)8-7-14-5-3-2-4-6-14/h2-6,9-10,13,15-23H,7-8,11-12H2,1H3/b10-9+/t13?,15-,16?,17+,18+,19-/m0/s1. The van der Waals surface area contributed by atoms with E-state index in [1.165, 1.54) is 5.56 Å². The van der Waals surface area contributed by atoms with E-state index in [2.05, 4.69) is 0 Å². The molecule has 0 saturated heterocycles. The Balaban J connectivity index is 1.89. The van der Waals surface area contributed by atoms with Crippen molar-refractivity contribution in [1.82, 2.24) is 0 Å². The number of hydrogen-bond acceptors (Lipinski definition) is 4. The molecular weight excluding hydrogens is 292 g/mol. The van der Waals surface area contributed by atoms with E-state index >= 15 is 0 Å². The van der Waals surface area contributed by atoms with Crippen molar-refractivity contribution in [3.63, 3.8) is 0 Å². The Morgan fingerprint density at radius 1 is 1.13 bits per heavy atom. The average Bonchev–Trinajstić information content (AvgIpc) is 2.77. The molecule has 1 aromatic rings. The predicted molar refractivity (Wildman–Crippen MR) is 89.8 cm³/mol. The molecule has 4 heteroatoms. The van der Waals surface area contributed by atoms with Crippen molar-refractivity contribution in [2.24, 2.45) is 11.8 Å². The van der Waals surface area contributed by atoms with Gasteiger partial charge in [0.25, 0.3) is 0 Å². The zero-order valence-corrected chi connectivity index (χ0v) is 13.6. The van der Waals surface area contributed by atoms with Gasteiger partial charge in [0, 0.05) is 12.3 Å². The van der Waals surface area contributed by atoms with Gasteiger partial charge < -0.3 is 20.4 Å². The zero-order chi connectivity index (χ0) is 16.8. The van der Waals surface area contributed by atoms with Crippen LogP contribution in [0.2, 0.25) is 0 Å². The van der Waals surface area contributed by atoms with Crippen LogP contribution in [-0.4, -0.2) is 44.8 Å². The van der Waals surface area contributed by atoms with Crippen LogP contribution in [0.4, 0.5) is 0 Å². The molecule has 23 heavy (non-hydrogen) atoms. The van der Waals surface area contributed by atoms with E-state index in [9.17, 15) is 20.4 Å². The third kappa shape index (κ3) is 5.43. The van der Waals surface area contributed by atoms with E-state index in [4.69, 9.17) is 0 Å². The van der Waals surface area contributed by atoms with Gasteiger partial charge in [-0.1, -0.05) is 42.5 Å². The average molecular weight is 320 g/mol. The van der Waals surface area contributed by atoms with Gasteiger partial charge in [-0.3, -0.25) is 0 Å². The van der Waals surface area contributed by atoms with Crippen LogP contribution < -0.4 is 0 Å². The maximum Gasteiger partial charge on any atom is 0.0724 e. The van der Waals surface area contributed by atoms with Crippen molar-refractivity contribution in [2.75, 3.05) is 0 Å². The number of benzene rings is 1. The number of hydrogen-bond donors (Lipinski definition) is 4. The largest absolute Gasteiger partial charge is 0.393 e. The van der Waals surface area contributed by atoms with Crippen LogP contribution in [0.1, 0.15) is 31.7 Å². The lowest BCUT2D eigenvalue weighted by Crippen LogP contribution is -2.24. The lowest BCUT2D eigenvalue weighted by molar-refractivity contribution is 0.0772. The van der Waals surface area contributed by atoms with Gasteiger partial charge in [0.1, 0.15) is 0 Å². The van der Waals surface area contributed by atoms with Crippen LogP contribution in [0.3, 0.4) is 0 Å². The van der Waals surface area contributed by atoms with Crippen LogP contribution in [0.25, 0.3) is 0 Å². The molecule has 1 saturated carbocycles. The van der Waals surface area contributed by atoms with E-state index < -0.39 is 24.4 Å². The fourth-order valence-electron chi connectivity index (χ4n) is 3.41. The van der Waals surface area contributed by atoms with Gasteiger partial charge in [-0.2, -0.15) is 0 Å². The van der Waals surface area contributed by atoms with Crippen LogP contribution in [0.15, 0.2) is 42.5 Å². The summed E-state index contributed by atoms with van der Waals surface area (Å²) in [5.41, 5.74) is 1.18. The first kappa shape index (κ1) is 18.1. The Labute approximate surface area is 138 Å². The van der Waals surface area contributed by atoms with Crippen molar-refractivity contribution in [1.29, 1.82) is 0 Å². The Morgan fingerprint density at radius 2 is 1.83 bits per heavy atom. The van der Waals surface area contributed by atoms with Crippen molar-refractivity contribution in [3.05, 3.63) is 48.0 Å². The third-order valence-electron chi connectivity index (χ3n) is 4.66. The van der Waals surface area contributed by atoms with Crippen LogP contribution in [-0.2, 0) is 6.42 Å². The molecule has 2 rings (SSSR count). The van der Waals surface area contributed by atoms with E-state index in [0.29, 0.717) is 19.3 Å². The highest BCUT2D eigenvalue weighted by molar-refractivity contribution is 5.15. The van der Waals surface area contributed by atoms with Crippen LogP contribution in [0, 0.1) is 11.8 Å². The first-order valence-electron chi connectivity index (χ1n) is 8.42. The summed E-state index contributed by atoms with van der Waals surface area (Å²) in [6.07, 6.45) is 3.40. The van der Waals surface area contributed by atoms with Crippen molar-refractivity contribution < 1.29 is 20.4 Å². The molecule has 1 fully saturated rings. The molecule has 4 N–H and O–H groups in total. The molecule has 1 aromatic carbocycles. The molecule has 1 aliphatic carbocycles. The van der Waals surface area contributed by atoms with E-state index in [1.54, 1.807) is 13.0 Å². The van der Waals surface area contributed by atoms with Crippen LogP contribution >= 0.6 is 0 Å². The second-order valence-electron chi connectivity index (χ2n) is 6.67. The van der Waals surface area contributed by atoms with Gasteiger partial charge in [0.2, 0.25) is 0 Å². The highest BCUT2D eigenvalue weighted by Gasteiger charge is 2.40. The molecule has 1 aliphatic rings. The normalized spacial score (nSPS) is 30.7. The lowest BCUT2D eigenvalue weighted by atomic mass is 9.88. The Kier molecular flexibility index (Phi) is 6.78. The van der Waals surface area contributed by atoms with Crippen molar-refractivity contribution in [3.8, 4) is 0 Å². The summed E-state index contributed by atoms with van der Waals surface area (Å²) >= 11 is 0. The van der Waals surface area contributed by atoms with E-state index in [-0.39, 0.29) is 11.8 Å². The molecule has 0 bridgehead atoms. The van der Waals surface area contributed by atoms with Crippen molar-refractivity contribution >= 4 is 0 Å². The third-order valence-corrected chi connectivity index (χ3v) is 4.66. The minimum absolute atomic E-state index is 0.164. The van der Waals surface area contributed by atoms with Gasteiger partial charge in [-0.25, -0.2) is 0 Å². The molecule has 0 radical (unpaired) electrons. The SMILES string of the molecule is CC(O)C[C@@H]1C(/C=C/[C@@H](O)CCc2ccccc2)[C@H](O)C[C@@H]1O. The quantitative estimate of drug-likeness (QED) is 0.576. The molecule has 0 aliphatic heterocycles. The predicted octanol–water partition coefficient (Wildman–Crippen LogP) is 1.67. The topological polar surface area (TPSA) is 80.9 Å². The van der Waals surface area contributed by atoms with Gasteiger partial charge in [-0.05, 0) is 37.7 Å². The molecule has 128 valence electrons. The van der Waals surface area contributed by atoms with E-state index in [1.807, 2.05) is 36.4 Å². The number of aliphatic hydroxyl groups is 4. The first-order chi connectivity index (χ1) is 11.0. The van der Waals surface area contributed by atoms with Crippen molar-refractivity contribution in [2.45, 2.75) is 57.0 Å². The Hall–Kier alpha value is -1.20. The van der Waals surface area contributed by atoms with Gasteiger partial charge >= 0.3 is 0 Å². The summed E-state index contributed by atoms with van der Waals surface area (Å²) < 4.78 is 0. The number of rotatable bonds is 7. The zero-order valence-electron chi connectivity index (χ0n) is 13.6. The smallest absolute Gasteiger partial charge is 0.0724 e. The second kappa shape index (κ2) is 8.60. The van der Waals surface area contributed by atoms with Crippen LogP contribution in [0.5, 0.6) is 0 Å². The summed E-state index contributed by atoms with van der Waals surface area (Å²) in [6, 6.07) is 10.00.